The molecule has 2 aromatic carbocycles. The van der Waals surface area contributed by atoms with Gasteiger partial charge in [0.1, 0.15) is 41.5 Å². The Kier molecular flexibility index (Phi) is 9.44. The van der Waals surface area contributed by atoms with E-state index in [1.807, 2.05) is 17.0 Å². The predicted molar refractivity (Wildman–Crippen MR) is 168 cm³/mol. The SMILES string of the molecule is O=C(NCc1ccc(F)cc1F)C1=Cc2c(ncnc2Nc2ccc(OC3CCN(C(=O)C4CCCC4)CC3)c(Cl)c2)NCC1. The Hall–Kier alpha value is -4.25. The number of halogens is 3. The summed E-state index contributed by atoms with van der Waals surface area (Å²) in [4.78, 5) is 36.5. The highest BCUT2D eigenvalue weighted by atomic mass is 35.5. The lowest BCUT2D eigenvalue weighted by molar-refractivity contribution is -0.137. The van der Waals surface area contributed by atoms with Crippen molar-refractivity contribution in [2.45, 2.75) is 57.6 Å². The molecule has 1 aliphatic carbocycles. The molecule has 3 aliphatic rings. The van der Waals surface area contributed by atoms with Crippen LogP contribution in [0, 0.1) is 17.6 Å². The first-order valence-electron chi connectivity index (χ1n) is 15.4. The number of aromatic nitrogens is 2. The van der Waals surface area contributed by atoms with Crippen LogP contribution < -0.4 is 20.7 Å². The van der Waals surface area contributed by atoms with Crippen LogP contribution in [-0.2, 0) is 16.1 Å². The molecule has 12 heteroatoms. The number of rotatable bonds is 8. The van der Waals surface area contributed by atoms with Crippen LogP contribution in [0.15, 0.2) is 48.3 Å². The van der Waals surface area contributed by atoms with Gasteiger partial charge < -0.3 is 25.6 Å². The largest absolute Gasteiger partial charge is 0.489 e. The number of hydrogen-bond acceptors (Lipinski definition) is 7. The van der Waals surface area contributed by atoms with Crippen LogP contribution in [0.1, 0.15) is 56.1 Å². The third-order valence-corrected chi connectivity index (χ3v) is 8.88. The van der Waals surface area contributed by atoms with Gasteiger partial charge in [-0.1, -0.05) is 30.5 Å². The summed E-state index contributed by atoms with van der Waals surface area (Å²) in [7, 11) is 0. The normalized spacial score (nSPS) is 17.1. The van der Waals surface area contributed by atoms with Crippen molar-refractivity contribution in [2.24, 2.45) is 5.92 Å². The van der Waals surface area contributed by atoms with Gasteiger partial charge in [0.25, 0.3) is 0 Å². The van der Waals surface area contributed by atoms with Gasteiger partial charge in [-0.25, -0.2) is 18.7 Å². The van der Waals surface area contributed by atoms with E-state index >= 15 is 0 Å². The van der Waals surface area contributed by atoms with Crippen molar-refractivity contribution in [1.82, 2.24) is 20.2 Å². The molecule has 1 aromatic heterocycles. The summed E-state index contributed by atoms with van der Waals surface area (Å²) in [6.07, 6.45) is 9.34. The van der Waals surface area contributed by atoms with Gasteiger partial charge >= 0.3 is 0 Å². The van der Waals surface area contributed by atoms with Crippen molar-refractivity contribution < 1.29 is 23.1 Å². The van der Waals surface area contributed by atoms with Crippen molar-refractivity contribution in [3.05, 3.63) is 76.1 Å². The number of piperidine rings is 1. The van der Waals surface area contributed by atoms with Crippen LogP contribution in [0.5, 0.6) is 5.75 Å². The van der Waals surface area contributed by atoms with Crippen LogP contribution in [0.4, 0.5) is 26.1 Å². The third-order valence-electron chi connectivity index (χ3n) is 8.58. The van der Waals surface area contributed by atoms with Crippen molar-refractivity contribution in [2.75, 3.05) is 30.3 Å². The maximum Gasteiger partial charge on any atom is 0.247 e. The molecule has 2 fully saturated rings. The zero-order valence-electron chi connectivity index (χ0n) is 24.8. The molecule has 0 bridgehead atoms. The third kappa shape index (κ3) is 7.36. The van der Waals surface area contributed by atoms with E-state index in [-0.39, 0.29) is 30.0 Å². The number of fused-ring (bicyclic) bond motifs is 1. The molecular weight excluding hydrogens is 602 g/mol. The Morgan fingerprint density at radius 3 is 2.60 bits per heavy atom. The fourth-order valence-electron chi connectivity index (χ4n) is 6.08. The smallest absolute Gasteiger partial charge is 0.247 e. The minimum absolute atomic E-state index is 0.0214. The highest BCUT2D eigenvalue weighted by molar-refractivity contribution is 6.32. The molecule has 0 radical (unpaired) electrons. The number of nitrogens with zero attached hydrogens (tertiary/aromatic N) is 3. The highest BCUT2D eigenvalue weighted by Gasteiger charge is 2.30. The maximum absolute atomic E-state index is 14.1. The van der Waals surface area contributed by atoms with Crippen LogP contribution in [0.3, 0.4) is 0 Å². The quantitative estimate of drug-likeness (QED) is 0.269. The Bertz CT molecular complexity index is 1610. The molecule has 2 aliphatic heterocycles. The van der Waals surface area contributed by atoms with Crippen LogP contribution >= 0.6 is 11.6 Å². The Balaban J connectivity index is 1.09. The number of hydrogen-bond donors (Lipinski definition) is 3. The maximum atomic E-state index is 14.1. The summed E-state index contributed by atoms with van der Waals surface area (Å²) >= 11 is 6.63. The van der Waals surface area contributed by atoms with Crippen molar-refractivity contribution in [3.63, 3.8) is 0 Å². The minimum atomic E-state index is -0.719. The van der Waals surface area contributed by atoms with Gasteiger partial charge in [-0.15, -0.1) is 0 Å². The molecule has 45 heavy (non-hydrogen) atoms. The van der Waals surface area contributed by atoms with Gasteiger partial charge in [0, 0.05) is 67.8 Å². The van der Waals surface area contributed by atoms with Crippen LogP contribution in [0.25, 0.3) is 6.08 Å². The zero-order chi connectivity index (χ0) is 31.3. The van der Waals surface area contributed by atoms with E-state index in [2.05, 4.69) is 25.9 Å². The first-order chi connectivity index (χ1) is 21.8. The van der Waals surface area contributed by atoms with E-state index in [0.29, 0.717) is 71.2 Å². The monoisotopic (exact) mass is 636 g/mol. The second-order valence-electron chi connectivity index (χ2n) is 11.6. The second kappa shape index (κ2) is 13.8. The number of anilines is 3. The number of ether oxygens (including phenoxy) is 1. The Morgan fingerprint density at radius 2 is 1.84 bits per heavy atom. The molecule has 3 heterocycles. The number of nitrogens with one attached hydrogen (secondary N) is 3. The lowest BCUT2D eigenvalue weighted by Gasteiger charge is -2.33. The Labute approximate surface area is 265 Å². The van der Waals surface area contributed by atoms with Crippen LogP contribution in [0.2, 0.25) is 5.02 Å². The number of carbonyl (C=O) groups is 2. The molecule has 2 amide bonds. The van der Waals surface area contributed by atoms with E-state index in [9.17, 15) is 18.4 Å². The molecule has 236 valence electrons. The van der Waals surface area contributed by atoms with Gasteiger partial charge in [-0.05, 0) is 49.6 Å². The summed E-state index contributed by atoms with van der Waals surface area (Å²) in [5, 5.41) is 9.64. The zero-order valence-corrected chi connectivity index (χ0v) is 25.5. The second-order valence-corrected chi connectivity index (χ2v) is 12.1. The van der Waals surface area contributed by atoms with Gasteiger partial charge in [-0.3, -0.25) is 9.59 Å². The van der Waals surface area contributed by atoms with Gasteiger partial charge in [0.15, 0.2) is 0 Å². The van der Waals surface area contributed by atoms with E-state index in [1.165, 1.54) is 12.4 Å². The first-order valence-corrected chi connectivity index (χ1v) is 15.8. The number of likely N-dealkylation sites (tertiary alicyclic amines) is 1. The lowest BCUT2D eigenvalue weighted by Crippen LogP contribution is -2.44. The average Bonchev–Trinajstić information content (AvgIpc) is 3.48. The molecule has 0 unspecified atom stereocenters. The molecule has 6 rings (SSSR count). The van der Waals surface area contributed by atoms with E-state index < -0.39 is 11.6 Å². The molecular formula is C33H35ClF2N6O3. The topological polar surface area (TPSA) is 108 Å². The highest BCUT2D eigenvalue weighted by Crippen LogP contribution is 2.34. The molecule has 1 saturated heterocycles. The molecule has 1 saturated carbocycles. The van der Waals surface area contributed by atoms with E-state index in [4.69, 9.17) is 16.3 Å². The summed E-state index contributed by atoms with van der Waals surface area (Å²) in [6, 6.07) is 8.65. The predicted octanol–water partition coefficient (Wildman–Crippen LogP) is 6.23. The van der Waals surface area contributed by atoms with Gasteiger partial charge in [-0.2, -0.15) is 0 Å². The molecule has 3 aromatic rings. The van der Waals surface area contributed by atoms with Crippen molar-refractivity contribution in [3.8, 4) is 5.75 Å². The Morgan fingerprint density at radius 1 is 1.04 bits per heavy atom. The summed E-state index contributed by atoms with van der Waals surface area (Å²) in [5.41, 5.74) is 1.90. The van der Waals surface area contributed by atoms with E-state index in [0.717, 1.165) is 50.7 Å². The fourth-order valence-corrected chi connectivity index (χ4v) is 6.31. The average molecular weight is 637 g/mol. The minimum Gasteiger partial charge on any atom is -0.489 e. The molecule has 9 nitrogen and oxygen atoms in total. The molecule has 3 N–H and O–H groups in total. The lowest BCUT2D eigenvalue weighted by atomic mass is 10.0. The summed E-state index contributed by atoms with van der Waals surface area (Å²) in [6.45, 7) is 1.77. The number of benzene rings is 2. The summed E-state index contributed by atoms with van der Waals surface area (Å²) < 4.78 is 33.5. The van der Waals surface area contributed by atoms with Crippen molar-refractivity contribution in [1.29, 1.82) is 0 Å². The van der Waals surface area contributed by atoms with Crippen LogP contribution in [-0.4, -0.2) is 52.4 Å². The van der Waals surface area contributed by atoms with Gasteiger partial charge in [0.05, 0.1) is 10.6 Å². The number of carbonyl (C=O) groups excluding carboxylic acids is 2. The van der Waals surface area contributed by atoms with Crippen molar-refractivity contribution >= 4 is 46.8 Å². The molecule has 0 spiro atoms. The first kappa shape index (κ1) is 30.8. The fraction of sp³-hybridized carbons (Fsp3) is 0.394. The number of amides is 2. The van der Waals surface area contributed by atoms with E-state index in [1.54, 1.807) is 12.1 Å². The standard InChI is InChI=1S/C33H35ClF2N6O3/c34-27-17-24(7-8-29(27)45-25-10-13-42(14-11-25)33(44)20-3-1-2-4-20)41-31-26-15-21(9-12-37-30(26)39-19-40-31)32(43)38-18-22-5-6-23(35)16-28(22)36/h5-8,15-17,19-20,25H,1-4,9-14,18H2,(H,38,43)(H2,37,39,40,41). The summed E-state index contributed by atoms with van der Waals surface area (Å²) in [5.74, 6) is 0.310. The molecule has 0 atom stereocenters. The van der Waals surface area contributed by atoms with Gasteiger partial charge in [0.2, 0.25) is 11.8 Å².